The fraction of sp³-hybridized carbons (Fsp3) is 0.636. The Hall–Kier alpha value is -1.84. The van der Waals surface area contributed by atoms with Crippen molar-refractivity contribution in [1.29, 1.82) is 0 Å². The van der Waals surface area contributed by atoms with E-state index in [1.165, 1.54) is 24.8 Å². The van der Waals surface area contributed by atoms with E-state index in [2.05, 4.69) is 29.7 Å². The largest absolute Gasteiger partial charge is 0.342 e. The van der Waals surface area contributed by atoms with Gasteiger partial charge in [0.1, 0.15) is 0 Å². The number of amides is 2. The van der Waals surface area contributed by atoms with Crippen LogP contribution < -0.4 is 10.6 Å². The van der Waals surface area contributed by atoms with Gasteiger partial charge in [-0.15, -0.1) is 0 Å². The lowest BCUT2D eigenvalue weighted by Gasteiger charge is -2.56. The lowest BCUT2D eigenvalue weighted by atomic mass is 9.53. The number of carbonyl (C=O) groups is 2. The second-order valence-corrected chi connectivity index (χ2v) is 8.94. The first-order valence-corrected chi connectivity index (χ1v) is 10.2. The number of nitrogens with one attached hydrogen (secondary N) is 2. The van der Waals surface area contributed by atoms with Crippen molar-refractivity contribution < 1.29 is 9.59 Å². The van der Waals surface area contributed by atoms with Gasteiger partial charge in [0, 0.05) is 5.54 Å². The third-order valence-corrected chi connectivity index (χ3v) is 6.86. The van der Waals surface area contributed by atoms with E-state index in [4.69, 9.17) is 0 Å². The van der Waals surface area contributed by atoms with E-state index in [0.29, 0.717) is 0 Å². The molecule has 4 heteroatoms. The molecule has 1 aromatic carbocycles. The topological polar surface area (TPSA) is 58.2 Å². The summed E-state index contributed by atoms with van der Waals surface area (Å²) in [5.41, 5.74) is 2.18. The van der Waals surface area contributed by atoms with E-state index in [0.717, 1.165) is 49.0 Å². The highest BCUT2D eigenvalue weighted by Gasteiger charge is 2.51. The molecule has 1 unspecified atom stereocenters. The highest BCUT2D eigenvalue weighted by molar-refractivity contribution is 6.35. The summed E-state index contributed by atoms with van der Waals surface area (Å²) in [6.07, 6.45) is 8.16. The van der Waals surface area contributed by atoms with Gasteiger partial charge in [-0.2, -0.15) is 0 Å². The van der Waals surface area contributed by atoms with Crippen molar-refractivity contribution in [2.45, 2.75) is 70.4 Å². The Balaban J connectivity index is 1.36. The van der Waals surface area contributed by atoms with Crippen molar-refractivity contribution in [3.8, 4) is 0 Å². The van der Waals surface area contributed by atoms with E-state index in [9.17, 15) is 9.59 Å². The second-order valence-electron chi connectivity index (χ2n) is 8.94. The summed E-state index contributed by atoms with van der Waals surface area (Å²) in [7, 11) is 0. The van der Waals surface area contributed by atoms with Gasteiger partial charge in [-0.3, -0.25) is 9.59 Å². The molecule has 1 atom stereocenters. The number of benzene rings is 1. The van der Waals surface area contributed by atoms with Crippen LogP contribution in [0.4, 0.5) is 0 Å². The average molecular weight is 354 g/mol. The van der Waals surface area contributed by atoms with Gasteiger partial charge < -0.3 is 10.6 Å². The zero-order valence-corrected chi connectivity index (χ0v) is 15.9. The lowest BCUT2D eigenvalue weighted by molar-refractivity contribution is -0.143. The minimum absolute atomic E-state index is 0.116. The first-order valence-electron chi connectivity index (χ1n) is 10.2. The molecule has 26 heavy (non-hydrogen) atoms. The number of carbonyl (C=O) groups excluding carboxylic acids is 2. The summed E-state index contributed by atoms with van der Waals surface area (Å²) in [6.45, 7) is 4.05. The van der Waals surface area contributed by atoms with Crippen LogP contribution >= 0.6 is 0 Å². The molecule has 0 heterocycles. The standard InChI is InChI=1S/C22H30N2O2/c1-3-15-4-6-19(7-5-15)14(2)23-20(25)21(26)24-22-11-16-8-17(12-22)10-18(9-16)13-22/h4-7,14,16-18H,3,8-13H2,1-2H3,(H,23,25)(H,24,26). The maximum absolute atomic E-state index is 12.6. The zero-order valence-electron chi connectivity index (χ0n) is 15.9. The monoisotopic (exact) mass is 354 g/mol. The van der Waals surface area contributed by atoms with Crippen LogP contribution in [0.1, 0.15) is 69.5 Å². The van der Waals surface area contributed by atoms with E-state index in [1.807, 2.05) is 19.1 Å². The molecule has 5 rings (SSSR count). The third-order valence-electron chi connectivity index (χ3n) is 6.86. The first-order chi connectivity index (χ1) is 12.5. The minimum atomic E-state index is -0.507. The van der Waals surface area contributed by atoms with E-state index in [1.54, 1.807) is 0 Å². The molecule has 140 valence electrons. The molecular formula is C22H30N2O2. The van der Waals surface area contributed by atoms with Gasteiger partial charge in [0.05, 0.1) is 6.04 Å². The van der Waals surface area contributed by atoms with Gasteiger partial charge in [0.15, 0.2) is 0 Å². The van der Waals surface area contributed by atoms with Crippen molar-refractivity contribution in [3.63, 3.8) is 0 Å². The van der Waals surface area contributed by atoms with Crippen LogP contribution in [0.2, 0.25) is 0 Å². The SMILES string of the molecule is CCc1ccc(C(C)NC(=O)C(=O)NC23CC4CC(CC(C4)C2)C3)cc1. The van der Waals surface area contributed by atoms with Crippen molar-refractivity contribution in [2.75, 3.05) is 0 Å². The predicted molar refractivity (Wildman–Crippen MR) is 101 cm³/mol. The Kier molecular flexibility index (Phi) is 4.54. The van der Waals surface area contributed by atoms with E-state index in [-0.39, 0.29) is 11.6 Å². The maximum Gasteiger partial charge on any atom is 0.309 e. The summed E-state index contributed by atoms with van der Waals surface area (Å²) in [5.74, 6) is 1.29. The third kappa shape index (κ3) is 3.38. The molecule has 4 saturated carbocycles. The molecule has 4 aliphatic carbocycles. The molecule has 4 aliphatic rings. The number of rotatable bonds is 4. The number of hydrogen-bond acceptors (Lipinski definition) is 2. The molecule has 4 bridgehead atoms. The minimum Gasteiger partial charge on any atom is -0.342 e. The van der Waals surface area contributed by atoms with Crippen LogP contribution in [-0.2, 0) is 16.0 Å². The predicted octanol–water partition coefficient (Wildman–Crippen LogP) is 3.51. The Morgan fingerprint density at radius 1 is 1.00 bits per heavy atom. The highest BCUT2D eigenvalue weighted by Crippen LogP contribution is 2.55. The van der Waals surface area contributed by atoms with Crippen LogP contribution in [-0.4, -0.2) is 17.4 Å². The van der Waals surface area contributed by atoms with E-state index < -0.39 is 11.8 Å². The second kappa shape index (κ2) is 6.71. The Morgan fingerprint density at radius 3 is 2.04 bits per heavy atom. The smallest absolute Gasteiger partial charge is 0.309 e. The van der Waals surface area contributed by atoms with Crippen molar-refractivity contribution >= 4 is 11.8 Å². The molecule has 4 fully saturated rings. The van der Waals surface area contributed by atoms with Gasteiger partial charge in [0.25, 0.3) is 0 Å². The fourth-order valence-electron chi connectivity index (χ4n) is 5.95. The molecule has 0 aromatic heterocycles. The summed E-state index contributed by atoms with van der Waals surface area (Å²) < 4.78 is 0. The highest BCUT2D eigenvalue weighted by atomic mass is 16.2. The molecule has 2 N–H and O–H groups in total. The number of hydrogen-bond donors (Lipinski definition) is 2. The summed E-state index contributed by atoms with van der Waals surface area (Å²) in [5, 5.41) is 6.01. The van der Waals surface area contributed by atoms with E-state index >= 15 is 0 Å². The van der Waals surface area contributed by atoms with Crippen LogP contribution in [0.15, 0.2) is 24.3 Å². The van der Waals surface area contributed by atoms with Crippen LogP contribution in [0, 0.1) is 17.8 Å². The zero-order chi connectivity index (χ0) is 18.3. The van der Waals surface area contributed by atoms with Gasteiger partial charge in [-0.25, -0.2) is 0 Å². The quantitative estimate of drug-likeness (QED) is 0.813. The summed E-state index contributed by atoms with van der Waals surface area (Å²) >= 11 is 0. The average Bonchev–Trinajstić information content (AvgIpc) is 2.60. The molecule has 1 aromatic rings. The van der Waals surface area contributed by atoms with Crippen LogP contribution in [0.3, 0.4) is 0 Å². The Labute approximate surface area is 156 Å². The molecule has 0 aliphatic heterocycles. The van der Waals surface area contributed by atoms with Crippen LogP contribution in [0.5, 0.6) is 0 Å². The van der Waals surface area contributed by atoms with Gasteiger partial charge in [-0.05, 0) is 80.8 Å². The normalized spacial score (nSPS) is 32.9. The molecule has 0 saturated heterocycles. The van der Waals surface area contributed by atoms with Gasteiger partial charge in [-0.1, -0.05) is 31.2 Å². The van der Waals surface area contributed by atoms with Crippen molar-refractivity contribution in [2.24, 2.45) is 17.8 Å². The van der Waals surface area contributed by atoms with Gasteiger partial charge >= 0.3 is 11.8 Å². The van der Waals surface area contributed by atoms with Gasteiger partial charge in [0.2, 0.25) is 0 Å². The molecule has 4 nitrogen and oxygen atoms in total. The number of aryl methyl sites for hydroxylation is 1. The maximum atomic E-state index is 12.6. The molecule has 0 radical (unpaired) electrons. The Morgan fingerprint density at radius 2 is 1.54 bits per heavy atom. The fourth-order valence-corrected chi connectivity index (χ4v) is 5.95. The lowest BCUT2D eigenvalue weighted by Crippen LogP contribution is -2.61. The van der Waals surface area contributed by atoms with Crippen molar-refractivity contribution in [1.82, 2.24) is 10.6 Å². The molecule has 0 spiro atoms. The first kappa shape index (κ1) is 17.6. The molecular weight excluding hydrogens is 324 g/mol. The van der Waals surface area contributed by atoms with Crippen LogP contribution in [0.25, 0.3) is 0 Å². The Bertz CT molecular complexity index is 659. The molecule has 2 amide bonds. The summed E-state index contributed by atoms with van der Waals surface area (Å²) in [4.78, 5) is 25.0. The summed E-state index contributed by atoms with van der Waals surface area (Å²) in [6, 6.07) is 8.04. The van der Waals surface area contributed by atoms with Crippen molar-refractivity contribution in [3.05, 3.63) is 35.4 Å².